The topological polar surface area (TPSA) is 75.4 Å². The van der Waals surface area contributed by atoms with Crippen molar-refractivity contribution >= 4 is 11.8 Å². The first-order chi connectivity index (χ1) is 10.1. The van der Waals surface area contributed by atoms with E-state index in [1.54, 1.807) is 0 Å². The molecule has 21 heavy (non-hydrogen) atoms. The summed E-state index contributed by atoms with van der Waals surface area (Å²) in [5, 5.41) is 2.80. The van der Waals surface area contributed by atoms with Crippen LogP contribution < -0.4 is 11.1 Å². The van der Waals surface area contributed by atoms with Crippen LogP contribution in [0.25, 0.3) is 0 Å². The van der Waals surface area contributed by atoms with Crippen LogP contribution in [0.2, 0.25) is 0 Å². The van der Waals surface area contributed by atoms with Crippen LogP contribution in [-0.2, 0) is 9.59 Å². The van der Waals surface area contributed by atoms with Gasteiger partial charge >= 0.3 is 0 Å². The van der Waals surface area contributed by atoms with Gasteiger partial charge in [0.2, 0.25) is 11.8 Å². The molecule has 2 fully saturated rings. The van der Waals surface area contributed by atoms with E-state index < -0.39 is 0 Å². The number of hydrogen-bond donors (Lipinski definition) is 2. The molecule has 2 unspecified atom stereocenters. The van der Waals surface area contributed by atoms with E-state index in [0.717, 1.165) is 25.8 Å². The van der Waals surface area contributed by atoms with Crippen LogP contribution in [0.1, 0.15) is 51.9 Å². The first-order valence-corrected chi connectivity index (χ1v) is 8.36. The number of hydrogen-bond acceptors (Lipinski definition) is 3. The fourth-order valence-electron chi connectivity index (χ4n) is 3.66. The Hall–Kier alpha value is -1.10. The molecule has 1 saturated carbocycles. The van der Waals surface area contributed by atoms with Crippen molar-refractivity contribution in [3.05, 3.63) is 0 Å². The molecule has 120 valence electrons. The van der Waals surface area contributed by atoms with Crippen molar-refractivity contribution in [1.82, 2.24) is 10.2 Å². The second-order valence-corrected chi connectivity index (χ2v) is 6.72. The van der Waals surface area contributed by atoms with Crippen molar-refractivity contribution in [2.75, 3.05) is 19.6 Å². The maximum atomic E-state index is 12.2. The summed E-state index contributed by atoms with van der Waals surface area (Å²) >= 11 is 0. The quantitative estimate of drug-likeness (QED) is 0.802. The molecule has 0 aromatic rings. The third-order valence-corrected chi connectivity index (χ3v) is 4.95. The normalized spacial score (nSPS) is 26.9. The van der Waals surface area contributed by atoms with E-state index in [0.29, 0.717) is 24.8 Å². The summed E-state index contributed by atoms with van der Waals surface area (Å²) in [6.07, 6.45) is 7.63. The summed E-state index contributed by atoms with van der Waals surface area (Å²) < 4.78 is 0. The molecule has 2 rings (SSSR count). The summed E-state index contributed by atoms with van der Waals surface area (Å²) in [6.45, 7) is 3.54. The van der Waals surface area contributed by atoms with Crippen LogP contribution in [0.3, 0.4) is 0 Å². The number of likely N-dealkylation sites (tertiary alicyclic amines) is 1. The molecule has 0 aromatic heterocycles. The van der Waals surface area contributed by atoms with Gasteiger partial charge in [0, 0.05) is 19.0 Å². The van der Waals surface area contributed by atoms with E-state index >= 15 is 0 Å². The lowest BCUT2D eigenvalue weighted by Gasteiger charge is -2.23. The van der Waals surface area contributed by atoms with Gasteiger partial charge in [0.15, 0.2) is 0 Å². The highest BCUT2D eigenvalue weighted by molar-refractivity contribution is 5.85. The number of carbonyl (C=O) groups excluding carboxylic acids is 2. The zero-order valence-corrected chi connectivity index (χ0v) is 13.1. The fourth-order valence-corrected chi connectivity index (χ4v) is 3.66. The summed E-state index contributed by atoms with van der Waals surface area (Å²) in [5.74, 6) is 0.969. The molecule has 3 N–H and O–H groups in total. The Morgan fingerprint density at radius 2 is 1.90 bits per heavy atom. The summed E-state index contributed by atoms with van der Waals surface area (Å²) in [5.41, 5.74) is 5.68. The predicted octanol–water partition coefficient (Wildman–Crippen LogP) is 1.27. The molecule has 1 aliphatic heterocycles. The molecule has 5 nitrogen and oxygen atoms in total. The van der Waals surface area contributed by atoms with Gasteiger partial charge in [-0.3, -0.25) is 9.59 Å². The van der Waals surface area contributed by atoms with Crippen LogP contribution in [-0.4, -0.2) is 42.4 Å². The van der Waals surface area contributed by atoms with Crippen LogP contribution >= 0.6 is 0 Å². The molecule has 1 saturated heterocycles. The summed E-state index contributed by atoms with van der Waals surface area (Å²) in [6, 6.07) is 0.237. The minimum atomic E-state index is 0.0236. The highest BCUT2D eigenvalue weighted by atomic mass is 16.2. The Bertz CT molecular complexity index is 367. The van der Waals surface area contributed by atoms with Gasteiger partial charge < -0.3 is 16.0 Å². The van der Waals surface area contributed by atoms with E-state index in [2.05, 4.69) is 12.2 Å². The average molecular weight is 295 g/mol. The molecule has 1 heterocycles. The number of rotatable bonds is 5. The maximum Gasteiger partial charge on any atom is 0.242 e. The molecule has 2 amide bonds. The molecular weight excluding hydrogens is 266 g/mol. The van der Waals surface area contributed by atoms with E-state index in [9.17, 15) is 9.59 Å². The van der Waals surface area contributed by atoms with Gasteiger partial charge in [0.05, 0.1) is 6.54 Å². The third-order valence-electron chi connectivity index (χ3n) is 4.95. The highest BCUT2D eigenvalue weighted by Gasteiger charge is 2.31. The SMILES string of the molecule is CC1CC(CN)CN1C(=O)CNC(=O)CC1CCCCC1. The Morgan fingerprint density at radius 3 is 2.52 bits per heavy atom. The molecule has 2 aliphatic rings. The molecule has 0 aromatic carbocycles. The Labute approximate surface area is 127 Å². The zero-order valence-electron chi connectivity index (χ0n) is 13.1. The molecular formula is C16H29N3O2. The van der Waals surface area contributed by atoms with Crippen molar-refractivity contribution in [2.24, 2.45) is 17.6 Å². The molecule has 1 aliphatic carbocycles. The molecule has 0 spiro atoms. The second-order valence-electron chi connectivity index (χ2n) is 6.72. The summed E-state index contributed by atoms with van der Waals surface area (Å²) in [7, 11) is 0. The van der Waals surface area contributed by atoms with Gasteiger partial charge in [-0.05, 0) is 44.6 Å². The van der Waals surface area contributed by atoms with Gasteiger partial charge in [-0.2, -0.15) is 0 Å². The van der Waals surface area contributed by atoms with Crippen LogP contribution in [0, 0.1) is 11.8 Å². The predicted molar refractivity (Wildman–Crippen MR) is 82.5 cm³/mol. The van der Waals surface area contributed by atoms with Gasteiger partial charge in [-0.25, -0.2) is 0 Å². The first kappa shape index (κ1) is 16.3. The van der Waals surface area contributed by atoms with Crippen LogP contribution in [0.15, 0.2) is 0 Å². The van der Waals surface area contributed by atoms with Gasteiger partial charge in [0.1, 0.15) is 0 Å². The Morgan fingerprint density at radius 1 is 1.19 bits per heavy atom. The number of nitrogens with one attached hydrogen (secondary N) is 1. The highest BCUT2D eigenvalue weighted by Crippen LogP contribution is 2.26. The number of nitrogens with two attached hydrogens (primary N) is 1. The van der Waals surface area contributed by atoms with E-state index in [-0.39, 0.29) is 24.4 Å². The number of carbonyl (C=O) groups is 2. The lowest BCUT2D eigenvalue weighted by Crippen LogP contribution is -2.42. The van der Waals surface area contributed by atoms with Crippen molar-refractivity contribution in [2.45, 2.75) is 57.9 Å². The minimum Gasteiger partial charge on any atom is -0.347 e. The minimum absolute atomic E-state index is 0.0236. The number of amides is 2. The van der Waals surface area contributed by atoms with E-state index in [1.165, 1.54) is 19.3 Å². The Balaban J connectivity index is 1.69. The largest absolute Gasteiger partial charge is 0.347 e. The van der Waals surface area contributed by atoms with E-state index in [4.69, 9.17) is 5.73 Å². The maximum absolute atomic E-state index is 12.2. The molecule has 0 radical (unpaired) electrons. The summed E-state index contributed by atoms with van der Waals surface area (Å²) in [4.78, 5) is 26.0. The molecule has 5 heteroatoms. The van der Waals surface area contributed by atoms with Gasteiger partial charge in [-0.15, -0.1) is 0 Å². The fraction of sp³-hybridized carbons (Fsp3) is 0.875. The lowest BCUT2D eigenvalue weighted by atomic mass is 9.87. The molecule has 0 bridgehead atoms. The second kappa shape index (κ2) is 7.78. The smallest absolute Gasteiger partial charge is 0.242 e. The number of nitrogens with zero attached hydrogens (tertiary/aromatic N) is 1. The lowest BCUT2D eigenvalue weighted by molar-refractivity contribution is -0.133. The van der Waals surface area contributed by atoms with Gasteiger partial charge in [0.25, 0.3) is 0 Å². The third kappa shape index (κ3) is 4.70. The van der Waals surface area contributed by atoms with Gasteiger partial charge in [-0.1, -0.05) is 19.3 Å². The molecule has 2 atom stereocenters. The monoisotopic (exact) mass is 295 g/mol. The van der Waals surface area contributed by atoms with Crippen molar-refractivity contribution in [1.29, 1.82) is 0 Å². The van der Waals surface area contributed by atoms with Crippen molar-refractivity contribution in [3.8, 4) is 0 Å². The Kier molecular flexibility index (Phi) is 6.03. The first-order valence-electron chi connectivity index (χ1n) is 8.36. The standard InChI is InChI=1S/C16H29N3O2/c1-12-7-14(9-17)11-19(12)16(21)10-18-15(20)8-13-5-3-2-4-6-13/h12-14H,2-11,17H2,1H3,(H,18,20). The van der Waals surface area contributed by atoms with Crippen molar-refractivity contribution < 1.29 is 9.59 Å². The zero-order chi connectivity index (χ0) is 15.2. The average Bonchev–Trinajstić information content (AvgIpc) is 2.87. The van der Waals surface area contributed by atoms with Crippen LogP contribution in [0.4, 0.5) is 0 Å². The van der Waals surface area contributed by atoms with Crippen LogP contribution in [0.5, 0.6) is 0 Å². The van der Waals surface area contributed by atoms with Crippen molar-refractivity contribution in [3.63, 3.8) is 0 Å². The van der Waals surface area contributed by atoms with E-state index in [1.807, 2.05) is 4.90 Å².